The summed E-state index contributed by atoms with van der Waals surface area (Å²) >= 11 is 16.4. The number of ether oxygens (including phenoxy) is 1. The van der Waals surface area contributed by atoms with Crippen LogP contribution in [0.25, 0.3) is 0 Å². The largest absolute Gasteiger partial charge is 0.508 e. The number of nitrogens with one attached hydrogen (secondary N) is 6. The van der Waals surface area contributed by atoms with E-state index in [9.17, 15) is 53.7 Å². The van der Waals surface area contributed by atoms with Gasteiger partial charge < -0.3 is 52.0 Å². The number of aromatic hydroxyl groups is 2. The molecule has 6 rings (SSSR count). The highest BCUT2D eigenvalue weighted by atomic mass is 35.5. The zero-order chi connectivity index (χ0) is 48.6. The number of carboxylic acid groups (broad SMARTS) is 1. The maximum atomic E-state index is 12.8. The van der Waals surface area contributed by atoms with Crippen molar-refractivity contribution in [2.45, 2.75) is 25.2 Å². The van der Waals surface area contributed by atoms with Gasteiger partial charge in [0.15, 0.2) is 0 Å². The topological polar surface area (TPSA) is 279 Å². The molecule has 0 bridgehead atoms. The number of thiophene rings is 4. The standard InChI is InChI=1S/C22H20ClN3O6S2.C21H18ClN3O6S2/c1-32-22(31)15(11-25-19(28)16-6-3-7-33-16)26-21(30)18-14(23)9-17(34-18)20(29)24-10-12-4-2-5-13(27)8-12;22-13-8-16(19(28)23-9-11-3-1-4-12(26)7-11)33-17(13)20(29)25-14(21(30)31)10-24-18(27)15-5-2-6-32-15/h2-9,15,27H,10-11H2,1H3,(H,24,29)(H,25,28)(H,26,30);1-8,14,26H,9-10H2,(H,23,28)(H,24,27)(H,25,29)(H,30,31)/t15-;14-/m00/s1. The van der Waals surface area contributed by atoms with Gasteiger partial charge in [-0.05, 0) is 70.4 Å². The van der Waals surface area contributed by atoms with Gasteiger partial charge in [0.05, 0.1) is 36.7 Å². The molecule has 350 valence electrons. The number of methoxy groups -OCH3 is 1. The summed E-state index contributed by atoms with van der Waals surface area (Å²) in [7, 11) is 1.16. The number of rotatable bonds is 18. The minimum Gasteiger partial charge on any atom is -0.508 e. The van der Waals surface area contributed by atoms with Crippen LogP contribution in [-0.2, 0) is 27.4 Å². The van der Waals surface area contributed by atoms with Gasteiger partial charge >= 0.3 is 11.9 Å². The average Bonchev–Trinajstić information content (AvgIpc) is 4.16. The van der Waals surface area contributed by atoms with Crippen molar-refractivity contribution in [2.75, 3.05) is 20.2 Å². The molecule has 2 aromatic carbocycles. The van der Waals surface area contributed by atoms with E-state index in [1.165, 1.54) is 59.1 Å². The smallest absolute Gasteiger partial charge is 0.330 e. The van der Waals surface area contributed by atoms with Crippen LogP contribution in [-0.4, -0.2) is 95.0 Å². The van der Waals surface area contributed by atoms with E-state index in [1.54, 1.807) is 59.3 Å². The Balaban J connectivity index is 0.000000251. The Hall–Kier alpha value is -6.82. The third-order valence-corrected chi connectivity index (χ3v) is 13.6. The first-order valence-electron chi connectivity index (χ1n) is 19.3. The first-order valence-corrected chi connectivity index (χ1v) is 23.4. The minimum atomic E-state index is -1.40. The van der Waals surface area contributed by atoms with Gasteiger partial charge in [0.2, 0.25) is 0 Å². The number of esters is 1. The first-order chi connectivity index (χ1) is 32.0. The Morgan fingerprint density at radius 3 is 1.36 bits per heavy atom. The molecule has 0 aliphatic heterocycles. The van der Waals surface area contributed by atoms with Crippen molar-refractivity contribution in [3.8, 4) is 11.5 Å². The van der Waals surface area contributed by atoms with Gasteiger partial charge in [0.25, 0.3) is 35.4 Å². The molecule has 0 aliphatic carbocycles. The third kappa shape index (κ3) is 15.1. The van der Waals surface area contributed by atoms with Gasteiger partial charge in [-0.2, -0.15) is 0 Å². The highest BCUT2D eigenvalue weighted by molar-refractivity contribution is 7.17. The Labute approximate surface area is 406 Å². The van der Waals surface area contributed by atoms with E-state index in [0.29, 0.717) is 20.9 Å². The molecule has 4 aromatic heterocycles. The van der Waals surface area contributed by atoms with Gasteiger partial charge in [-0.25, -0.2) is 9.59 Å². The van der Waals surface area contributed by atoms with Crippen LogP contribution in [0.15, 0.2) is 95.7 Å². The highest BCUT2D eigenvalue weighted by Gasteiger charge is 2.28. The fourth-order valence-corrected chi connectivity index (χ4v) is 9.28. The maximum absolute atomic E-state index is 12.8. The lowest BCUT2D eigenvalue weighted by Gasteiger charge is -2.16. The van der Waals surface area contributed by atoms with Crippen molar-refractivity contribution in [3.63, 3.8) is 0 Å². The van der Waals surface area contributed by atoms with Crippen LogP contribution in [0, 0.1) is 0 Å². The Morgan fingerprint density at radius 2 is 0.970 bits per heavy atom. The monoisotopic (exact) mass is 1030 g/mol. The lowest BCUT2D eigenvalue weighted by molar-refractivity contribution is -0.142. The first kappa shape index (κ1) is 51.2. The van der Waals surface area contributed by atoms with Crippen molar-refractivity contribution >= 4 is 116 Å². The second-order valence-electron chi connectivity index (χ2n) is 13.6. The number of carboxylic acids is 1. The number of hydrogen-bond acceptors (Lipinski definition) is 15. The van der Waals surface area contributed by atoms with Gasteiger partial charge in [0, 0.05) is 26.2 Å². The van der Waals surface area contributed by atoms with Gasteiger partial charge in [-0.15, -0.1) is 45.3 Å². The number of aliphatic carboxylic acids is 1. The molecule has 6 aromatic rings. The predicted molar refractivity (Wildman–Crippen MR) is 253 cm³/mol. The molecular formula is C43H38Cl2N6O12S4. The number of carbonyl (C=O) groups excluding carboxylic acids is 7. The van der Waals surface area contributed by atoms with Crippen LogP contribution >= 0.6 is 68.5 Å². The molecule has 0 spiro atoms. The molecule has 6 amide bonds. The number of halogens is 2. The summed E-state index contributed by atoms with van der Waals surface area (Å²) < 4.78 is 4.71. The zero-order valence-corrected chi connectivity index (χ0v) is 39.4. The third-order valence-electron chi connectivity index (χ3n) is 8.78. The van der Waals surface area contributed by atoms with Gasteiger partial charge in [0.1, 0.15) is 33.3 Å². The number of amides is 6. The normalized spacial score (nSPS) is 11.4. The maximum Gasteiger partial charge on any atom is 0.330 e. The predicted octanol–water partition coefficient (Wildman–Crippen LogP) is 5.51. The molecule has 0 fully saturated rings. The van der Waals surface area contributed by atoms with Crippen molar-refractivity contribution in [1.82, 2.24) is 31.9 Å². The van der Waals surface area contributed by atoms with Crippen LogP contribution in [0.1, 0.15) is 69.2 Å². The Morgan fingerprint density at radius 1 is 0.552 bits per heavy atom. The van der Waals surface area contributed by atoms with Crippen molar-refractivity contribution in [1.29, 1.82) is 0 Å². The van der Waals surface area contributed by atoms with E-state index in [2.05, 4.69) is 31.9 Å². The Bertz CT molecular complexity index is 2740. The van der Waals surface area contributed by atoms with Gasteiger partial charge in [-0.3, -0.25) is 28.8 Å². The van der Waals surface area contributed by atoms with Crippen LogP contribution < -0.4 is 31.9 Å². The van der Waals surface area contributed by atoms with Crippen molar-refractivity contribution in [2.24, 2.45) is 0 Å². The molecule has 67 heavy (non-hydrogen) atoms. The molecule has 9 N–H and O–H groups in total. The second kappa shape index (κ2) is 24.6. The quantitative estimate of drug-likeness (QED) is 0.0482. The summed E-state index contributed by atoms with van der Waals surface area (Å²) in [5.41, 5.74) is 1.37. The summed E-state index contributed by atoms with van der Waals surface area (Å²) in [5, 5.41) is 47.1. The average molecular weight is 1030 g/mol. The van der Waals surface area contributed by atoms with E-state index in [4.69, 9.17) is 27.9 Å². The molecule has 24 heteroatoms. The summed E-state index contributed by atoms with van der Waals surface area (Å²) in [6, 6.07) is 19.5. The SMILES string of the molecule is COC(=O)[C@H](CNC(=O)c1cccs1)NC(=O)c1sc(C(=O)NCc2cccc(O)c2)cc1Cl.O=C(NC[C@H](NC(=O)c1sc(C(=O)NCc2cccc(O)c2)cc1Cl)C(=O)O)c1cccs1. The van der Waals surface area contributed by atoms with Crippen molar-refractivity contribution in [3.05, 3.63) is 146 Å². The molecule has 0 unspecified atom stereocenters. The molecule has 0 saturated heterocycles. The molecular weight excluding hydrogens is 992 g/mol. The molecule has 0 aliphatic rings. The molecule has 0 saturated carbocycles. The molecule has 0 radical (unpaired) electrons. The van der Waals surface area contributed by atoms with E-state index >= 15 is 0 Å². The van der Waals surface area contributed by atoms with Crippen molar-refractivity contribution < 1.29 is 58.4 Å². The van der Waals surface area contributed by atoms with Gasteiger partial charge in [-0.1, -0.05) is 59.6 Å². The van der Waals surface area contributed by atoms with Crippen LogP contribution in [0.5, 0.6) is 11.5 Å². The summed E-state index contributed by atoms with van der Waals surface area (Å²) in [6.07, 6.45) is 0. The lowest BCUT2D eigenvalue weighted by Crippen LogP contribution is -2.48. The van der Waals surface area contributed by atoms with E-state index in [-0.39, 0.29) is 67.2 Å². The summed E-state index contributed by atoms with van der Waals surface area (Å²) in [5.74, 6) is -5.20. The van der Waals surface area contributed by atoms with Crippen LogP contribution in [0.4, 0.5) is 0 Å². The zero-order valence-electron chi connectivity index (χ0n) is 34.6. The highest BCUT2D eigenvalue weighted by Crippen LogP contribution is 2.29. The van der Waals surface area contributed by atoms with Crippen LogP contribution in [0.2, 0.25) is 10.0 Å². The fourth-order valence-electron chi connectivity index (χ4n) is 5.51. The molecule has 4 heterocycles. The number of benzene rings is 2. The van der Waals surface area contributed by atoms with E-state index in [0.717, 1.165) is 29.8 Å². The summed E-state index contributed by atoms with van der Waals surface area (Å²) in [6.45, 7) is -0.221. The molecule has 2 atom stereocenters. The van der Waals surface area contributed by atoms with Crippen LogP contribution in [0.3, 0.4) is 0 Å². The lowest BCUT2D eigenvalue weighted by atomic mass is 10.2. The molecule has 18 nitrogen and oxygen atoms in total. The minimum absolute atomic E-state index is 0.00762. The number of phenolic OH excluding ortho intramolecular Hbond substituents is 2. The number of carbonyl (C=O) groups is 8. The fraction of sp³-hybridized carbons (Fsp3) is 0.163. The van der Waals surface area contributed by atoms with E-state index in [1.807, 2.05) is 0 Å². The number of hydrogen-bond donors (Lipinski definition) is 9. The number of phenols is 2. The second-order valence-corrected chi connectivity index (χ2v) is 18.4. The Kier molecular flexibility index (Phi) is 18.8. The van der Waals surface area contributed by atoms with E-state index < -0.39 is 59.5 Å². The summed E-state index contributed by atoms with van der Waals surface area (Å²) in [4.78, 5) is 99.3.